The van der Waals surface area contributed by atoms with Crippen LogP contribution in [0.4, 0.5) is 0 Å². The molecule has 2 rings (SSSR count). The van der Waals surface area contributed by atoms with E-state index in [9.17, 15) is 19.5 Å². The predicted octanol–water partition coefficient (Wildman–Crippen LogP) is 1.67. The largest absolute Gasteiger partial charge is 0.480 e. The van der Waals surface area contributed by atoms with Gasteiger partial charge in [-0.2, -0.15) is 0 Å². The monoisotopic (exact) mass is 323 g/mol. The second-order valence-corrected chi connectivity index (χ2v) is 5.97. The average Bonchev–Trinajstić information content (AvgIpc) is 2.81. The molecule has 2 heterocycles. The maximum Gasteiger partial charge on any atom is 0.326 e. The number of amides is 1. The van der Waals surface area contributed by atoms with Crippen LogP contribution >= 0.6 is 11.3 Å². The number of aryl methyl sites for hydroxylation is 1. The normalized spacial score (nSPS) is 12.3. The van der Waals surface area contributed by atoms with Crippen molar-refractivity contribution in [1.82, 2.24) is 15.3 Å². The Labute approximate surface area is 130 Å². The van der Waals surface area contributed by atoms with Crippen molar-refractivity contribution in [1.29, 1.82) is 0 Å². The summed E-state index contributed by atoms with van der Waals surface area (Å²) >= 11 is 1.09. The van der Waals surface area contributed by atoms with Crippen molar-refractivity contribution in [3.05, 3.63) is 27.1 Å². The zero-order valence-corrected chi connectivity index (χ0v) is 13.1. The SMILES string of the molecule is CCCCC(NC(=O)c1sc2nc[nH]c(=O)c2c1C)C(=O)O. The molecule has 0 aliphatic heterocycles. The maximum atomic E-state index is 12.3. The summed E-state index contributed by atoms with van der Waals surface area (Å²) in [5.74, 6) is -1.54. The van der Waals surface area contributed by atoms with E-state index in [0.29, 0.717) is 33.5 Å². The van der Waals surface area contributed by atoms with Gasteiger partial charge in [-0.3, -0.25) is 9.59 Å². The molecule has 0 bridgehead atoms. The molecular formula is C14H17N3O4S. The van der Waals surface area contributed by atoms with Gasteiger partial charge in [-0.05, 0) is 18.9 Å². The Morgan fingerprint density at radius 2 is 2.23 bits per heavy atom. The van der Waals surface area contributed by atoms with E-state index in [0.717, 1.165) is 17.8 Å². The minimum atomic E-state index is -1.06. The van der Waals surface area contributed by atoms with E-state index in [1.54, 1.807) is 6.92 Å². The highest BCUT2D eigenvalue weighted by molar-refractivity contribution is 7.20. The summed E-state index contributed by atoms with van der Waals surface area (Å²) in [4.78, 5) is 42.6. The van der Waals surface area contributed by atoms with Crippen molar-refractivity contribution < 1.29 is 14.7 Å². The number of nitrogens with zero attached hydrogens (tertiary/aromatic N) is 1. The third-order valence-corrected chi connectivity index (χ3v) is 4.59. The second-order valence-electron chi connectivity index (χ2n) is 4.97. The average molecular weight is 323 g/mol. The second kappa shape index (κ2) is 6.69. The Kier molecular flexibility index (Phi) is 4.92. The van der Waals surface area contributed by atoms with Crippen LogP contribution in [0.1, 0.15) is 41.4 Å². The minimum absolute atomic E-state index is 0.307. The van der Waals surface area contributed by atoms with Gasteiger partial charge in [0.1, 0.15) is 10.9 Å². The molecular weight excluding hydrogens is 306 g/mol. The Morgan fingerprint density at radius 1 is 1.50 bits per heavy atom. The molecule has 0 spiro atoms. The van der Waals surface area contributed by atoms with Crippen molar-refractivity contribution in [2.75, 3.05) is 0 Å². The standard InChI is InChI=1S/C14H17N3O4S/c1-3-4-5-8(14(20)21)17-12(19)10-7(2)9-11(18)15-6-16-13(9)22-10/h6,8H,3-5H2,1-2H3,(H,17,19)(H,20,21)(H,15,16,18). The van der Waals surface area contributed by atoms with Crippen molar-refractivity contribution in [2.24, 2.45) is 0 Å². The number of H-pyrrole nitrogens is 1. The summed E-state index contributed by atoms with van der Waals surface area (Å²) in [5.41, 5.74) is 0.213. The molecule has 0 saturated carbocycles. The number of rotatable bonds is 6. The molecule has 0 aliphatic rings. The summed E-state index contributed by atoms with van der Waals surface area (Å²) in [5, 5.41) is 12.1. The molecule has 0 fully saturated rings. The number of unbranched alkanes of at least 4 members (excludes halogenated alkanes) is 1. The van der Waals surface area contributed by atoms with Crippen LogP contribution in [0, 0.1) is 6.92 Å². The zero-order valence-electron chi connectivity index (χ0n) is 12.3. The van der Waals surface area contributed by atoms with Crippen molar-refractivity contribution >= 4 is 33.4 Å². The first kappa shape index (κ1) is 16.2. The van der Waals surface area contributed by atoms with Gasteiger partial charge in [0.2, 0.25) is 0 Å². The molecule has 118 valence electrons. The number of hydrogen-bond donors (Lipinski definition) is 3. The summed E-state index contributed by atoms with van der Waals surface area (Å²) in [7, 11) is 0. The van der Waals surface area contributed by atoms with Crippen LogP contribution in [0.3, 0.4) is 0 Å². The van der Waals surface area contributed by atoms with E-state index in [4.69, 9.17) is 0 Å². The molecule has 7 nitrogen and oxygen atoms in total. The van der Waals surface area contributed by atoms with E-state index < -0.39 is 17.9 Å². The molecule has 1 atom stereocenters. The van der Waals surface area contributed by atoms with Crippen LogP contribution in [-0.4, -0.2) is 33.0 Å². The molecule has 0 aliphatic carbocycles. The Morgan fingerprint density at radius 3 is 2.82 bits per heavy atom. The number of carboxylic acid groups (broad SMARTS) is 1. The van der Waals surface area contributed by atoms with Gasteiger partial charge in [0.05, 0.1) is 16.6 Å². The molecule has 22 heavy (non-hydrogen) atoms. The fourth-order valence-corrected chi connectivity index (χ4v) is 3.24. The Balaban J connectivity index is 2.29. The highest BCUT2D eigenvalue weighted by Crippen LogP contribution is 2.26. The van der Waals surface area contributed by atoms with Crippen LogP contribution in [-0.2, 0) is 4.79 Å². The lowest BCUT2D eigenvalue weighted by molar-refractivity contribution is -0.139. The van der Waals surface area contributed by atoms with E-state index in [2.05, 4.69) is 15.3 Å². The molecule has 1 amide bonds. The number of hydrogen-bond acceptors (Lipinski definition) is 5. The van der Waals surface area contributed by atoms with Gasteiger partial charge in [0.15, 0.2) is 0 Å². The summed E-state index contributed by atoms with van der Waals surface area (Å²) in [6.07, 6.45) is 3.22. The number of nitrogens with one attached hydrogen (secondary N) is 2. The van der Waals surface area contributed by atoms with Gasteiger partial charge in [-0.1, -0.05) is 19.8 Å². The van der Waals surface area contributed by atoms with E-state index in [1.165, 1.54) is 6.33 Å². The lowest BCUT2D eigenvalue weighted by atomic mass is 10.1. The quantitative estimate of drug-likeness (QED) is 0.748. The molecule has 0 saturated heterocycles. The number of aromatic nitrogens is 2. The number of carboxylic acids is 1. The topological polar surface area (TPSA) is 112 Å². The maximum absolute atomic E-state index is 12.3. The molecule has 3 N–H and O–H groups in total. The Hall–Kier alpha value is -2.22. The number of aromatic amines is 1. The van der Waals surface area contributed by atoms with Crippen LogP contribution < -0.4 is 10.9 Å². The van der Waals surface area contributed by atoms with Gasteiger partial charge in [0.25, 0.3) is 11.5 Å². The summed E-state index contributed by atoms with van der Waals surface area (Å²) < 4.78 is 0. The molecule has 2 aromatic heterocycles. The smallest absolute Gasteiger partial charge is 0.326 e. The first-order valence-corrected chi connectivity index (χ1v) is 7.77. The van der Waals surface area contributed by atoms with Crippen molar-refractivity contribution in [3.8, 4) is 0 Å². The number of carbonyl (C=O) groups is 2. The van der Waals surface area contributed by atoms with Gasteiger partial charge < -0.3 is 15.4 Å². The molecule has 0 aromatic carbocycles. The highest BCUT2D eigenvalue weighted by Gasteiger charge is 2.23. The minimum Gasteiger partial charge on any atom is -0.480 e. The third-order valence-electron chi connectivity index (χ3n) is 3.39. The molecule has 8 heteroatoms. The Bertz CT molecular complexity index is 765. The van der Waals surface area contributed by atoms with Crippen molar-refractivity contribution in [2.45, 2.75) is 39.2 Å². The van der Waals surface area contributed by atoms with Crippen molar-refractivity contribution in [3.63, 3.8) is 0 Å². The zero-order chi connectivity index (χ0) is 16.3. The van der Waals surface area contributed by atoms with E-state index >= 15 is 0 Å². The fourth-order valence-electron chi connectivity index (χ4n) is 2.18. The molecule has 1 unspecified atom stereocenters. The first-order chi connectivity index (χ1) is 10.5. The number of thiophene rings is 1. The third kappa shape index (κ3) is 3.16. The number of carbonyl (C=O) groups excluding carboxylic acids is 1. The van der Waals surface area contributed by atoms with Crippen LogP contribution in [0.15, 0.2) is 11.1 Å². The van der Waals surface area contributed by atoms with E-state index in [-0.39, 0.29) is 5.56 Å². The first-order valence-electron chi connectivity index (χ1n) is 6.96. The number of fused-ring (bicyclic) bond motifs is 1. The van der Waals surface area contributed by atoms with Crippen LogP contribution in [0.25, 0.3) is 10.2 Å². The van der Waals surface area contributed by atoms with Gasteiger partial charge >= 0.3 is 5.97 Å². The number of aliphatic carboxylic acids is 1. The van der Waals surface area contributed by atoms with Gasteiger partial charge in [-0.15, -0.1) is 11.3 Å². The van der Waals surface area contributed by atoms with Crippen LogP contribution in [0.5, 0.6) is 0 Å². The predicted molar refractivity (Wildman–Crippen MR) is 83.4 cm³/mol. The van der Waals surface area contributed by atoms with E-state index in [1.807, 2.05) is 6.92 Å². The molecule has 2 aromatic rings. The highest BCUT2D eigenvalue weighted by atomic mass is 32.1. The lowest BCUT2D eigenvalue weighted by Crippen LogP contribution is -2.40. The molecule has 0 radical (unpaired) electrons. The van der Waals surface area contributed by atoms with Gasteiger partial charge in [-0.25, -0.2) is 9.78 Å². The summed E-state index contributed by atoms with van der Waals surface area (Å²) in [6.45, 7) is 3.61. The summed E-state index contributed by atoms with van der Waals surface area (Å²) in [6, 6.07) is -0.927. The van der Waals surface area contributed by atoms with Gasteiger partial charge in [0, 0.05) is 0 Å². The van der Waals surface area contributed by atoms with Crippen LogP contribution in [0.2, 0.25) is 0 Å². The lowest BCUT2D eigenvalue weighted by Gasteiger charge is -2.13. The fraction of sp³-hybridized carbons (Fsp3) is 0.429.